The van der Waals surface area contributed by atoms with Crippen LogP contribution >= 0.6 is 0 Å². The second-order valence-electron chi connectivity index (χ2n) is 7.69. The van der Waals surface area contributed by atoms with Crippen molar-refractivity contribution in [3.63, 3.8) is 0 Å². The standard InChI is InChI=1S/C21H22N4O2/c1-13-10-14(2)25(22-13)16-7-9-24(11-16)21(27)18-12-23-8-6-15-4-3-5-17(19(15)23)20(18)26/h3-5,10,12,16H,6-9,11H2,1-2H3/t16-/m0/s1. The van der Waals surface area contributed by atoms with E-state index in [0.717, 1.165) is 36.3 Å². The topological polar surface area (TPSA) is 60.1 Å². The first kappa shape index (κ1) is 16.3. The lowest BCUT2D eigenvalue weighted by atomic mass is 10.1. The van der Waals surface area contributed by atoms with E-state index in [1.54, 1.807) is 11.1 Å². The van der Waals surface area contributed by atoms with Crippen LogP contribution in [0, 0.1) is 13.8 Å². The number of carbonyl (C=O) groups excluding carboxylic acids is 1. The molecule has 6 heteroatoms. The van der Waals surface area contributed by atoms with E-state index < -0.39 is 0 Å². The molecule has 2 aliphatic rings. The highest BCUT2D eigenvalue weighted by molar-refractivity contribution is 5.98. The monoisotopic (exact) mass is 362 g/mol. The van der Waals surface area contributed by atoms with E-state index in [0.29, 0.717) is 18.5 Å². The molecule has 1 aromatic carbocycles. The number of hydrogen-bond acceptors (Lipinski definition) is 3. The summed E-state index contributed by atoms with van der Waals surface area (Å²) in [4.78, 5) is 27.9. The number of pyridine rings is 1. The van der Waals surface area contributed by atoms with Crippen molar-refractivity contribution in [1.29, 1.82) is 0 Å². The molecule has 138 valence electrons. The van der Waals surface area contributed by atoms with Crippen LogP contribution in [0.3, 0.4) is 0 Å². The molecule has 0 saturated carbocycles. The maximum Gasteiger partial charge on any atom is 0.259 e. The average Bonchev–Trinajstić information content (AvgIpc) is 3.36. The maximum absolute atomic E-state index is 13.1. The molecule has 0 N–H and O–H groups in total. The van der Waals surface area contributed by atoms with Crippen LogP contribution in [0.5, 0.6) is 0 Å². The number of carbonyl (C=O) groups is 1. The van der Waals surface area contributed by atoms with E-state index in [4.69, 9.17) is 0 Å². The molecule has 1 saturated heterocycles. The molecule has 5 rings (SSSR count). The zero-order valence-corrected chi connectivity index (χ0v) is 15.6. The van der Waals surface area contributed by atoms with Gasteiger partial charge in [0, 0.05) is 36.9 Å². The third kappa shape index (κ3) is 2.43. The number of likely N-dealkylation sites (tertiary alicyclic amines) is 1. The third-order valence-electron chi connectivity index (χ3n) is 5.87. The van der Waals surface area contributed by atoms with Gasteiger partial charge < -0.3 is 9.47 Å². The largest absolute Gasteiger partial charge is 0.346 e. The number of aromatic nitrogens is 3. The minimum absolute atomic E-state index is 0.149. The summed E-state index contributed by atoms with van der Waals surface area (Å²) < 4.78 is 4.08. The van der Waals surface area contributed by atoms with Crippen LogP contribution in [-0.4, -0.2) is 38.2 Å². The molecule has 27 heavy (non-hydrogen) atoms. The van der Waals surface area contributed by atoms with Gasteiger partial charge in [0.2, 0.25) is 5.43 Å². The van der Waals surface area contributed by atoms with Gasteiger partial charge in [0.25, 0.3) is 5.91 Å². The summed E-state index contributed by atoms with van der Waals surface area (Å²) in [5, 5.41) is 5.22. The molecule has 1 atom stereocenters. The van der Waals surface area contributed by atoms with E-state index in [2.05, 4.69) is 21.8 Å². The smallest absolute Gasteiger partial charge is 0.259 e. The molecule has 0 radical (unpaired) electrons. The van der Waals surface area contributed by atoms with E-state index in [1.807, 2.05) is 30.7 Å². The van der Waals surface area contributed by atoms with Crippen molar-refractivity contribution in [1.82, 2.24) is 19.2 Å². The Kier molecular flexibility index (Phi) is 3.50. The number of rotatable bonds is 2. The van der Waals surface area contributed by atoms with Gasteiger partial charge in [-0.2, -0.15) is 5.10 Å². The van der Waals surface area contributed by atoms with Crippen LogP contribution in [0.4, 0.5) is 0 Å². The molecule has 2 aromatic heterocycles. The predicted octanol–water partition coefficient (Wildman–Crippen LogP) is 2.46. The van der Waals surface area contributed by atoms with E-state index in [9.17, 15) is 9.59 Å². The maximum atomic E-state index is 13.1. The summed E-state index contributed by atoms with van der Waals surface area (Å²) >= 11 is 0. The normalized spacial score (nSPS) is 18.6. The Balaban J connectivity index is 1.48. The first-order valence-electron chi connectivity index (χ1n) is 9.50. The van der Waals surface area contributed by atoms with E-state index >= 15 is 0 Å². The van der Waals surface area contributed by atoms with Crippen molar-refractivity contribution < 1.29 is 4.79 Å². The Bertz CT molecular complexity index is 1140. The van der Waals surface area contributed by atoms with Gasteiger partial charge >= 0.3 is 0 Å². The quantitative estimate of drug-likeness (QED) is 0.704. The second kappa shape index (κ2) is 5.81. The summed E-state index contributed by atoms with van der Waals surface area (Å²) in [5.41, 5.74) is 4.41. The molecule has 0 spiro atoms. The number of amides is 1. The van der Waals surface area contributed by atoms with Gasteiger partial charge in [0.05, 0.1) is 17.3 Å². The van der Waals surface area contributed by atoms with E-state index in [1.165, 1.54) is 5.56 Å². The first-order chi connectivity index (χ1) is 13.0. The number of para-hydroxylation sites is 1. The van der Waals surface area contributed by atoms with Crippen molar-refractivity contribution in [2.75, 3.05) is 13.1 Å². The molecule has 4 heterocycles. The summed E-state index contributed by atoms with van der Waals surface area (Å²) in [5.74, 6) is -0.160. The lowest BCUT2D eigenvalue weighted by molar-refractivity contribution is 0.0785. The molecule has 1 fully saturated rings. The Morgan fingerprint density at radius 2 is 2.07 bits per heavy atom. The highest BCUT2D eigenvalue weighted by Gasteiger charge is 2.31. The minimum Gasteiger partial charge on any atom is -0.346 e. The minimum atomic E-state index is -0.160. The Labute approximate surface area is 157 Å². The van der Waals surface area contributed by atoms with Gasteiger partial charge in [-0.3, -0.25) is 14.3 Å². The fraction of sp³-hybridized carbons (Fsp3) is 0.381. The number of nitrogens with zero attached hydrogens (tertiary/aromatic N) is 4. The van der Waals surface area contributed by atoms with Crippen molar-refractivity contribution in [2.24, 2.45) is 0 Å². The average molecular weight is 362 g/mol. The van der Waals surface area contributed by atoms with Crippen molar-refractivity contribution in [3.05, 3.63) is 63.2 Å². The summed E-state index contributed by atoms with van der Waals surface area (Å²) in [6.07, 6.45) is 3.54. The van der Waals surface area contributed by atoms with Crippen LogP contribution in [0.1, 0.15) is 39.8 Å². The van der Waals surface area contributed by atoms with Crippen LogP contribution < -0.4 is 5.43 Å². The van der Waals surface area contributed by atoms with Crippen molar-refractivity contribution in [2.45, 2.75) is 39.3 Å². The van der Waals surface area contributed by atoms with Gasteiger partial charge in [-0.15, -0.1) is 0 Å². The molecule has 0 bridgehead atoms. The van der Waals surface area contributed by atoms with Crippen molar-refractivity contribution >= 4 is 16.8 Å². The number of aryl methyl sites for hydroxylation is 4. The molecule has 2 aliphatic heterocycles. The second-order valence-corrected chi connectivity index (χ2v) is 7.69. The SMILES string of the molecule is Cc1cc(C)n([C@H]2CCN(C(=O)c3cn4c5c(cccc5c3=O)CC4)C2)n1. The van der Waals surface area contributed by atoms with Gasteiger partial charge in [0.1, 0.15) is 5.56 Å². The number of hydrogen-bond donors (Lipinski definition) is 0. The van der Waals surface area contributed by atoms with E-state index in [-0.39, 0.29) is 22.9 Å². The molecule has 1 amide bonds. The number of benzene rings is 1. The summed E-state index contributed by atoms with van der Waals surface area (Å²) in [6, 6.07) is 8.04. The van der Waals surface area contributed by atoms with Gasteiger partial charge in [-0.05, 0) is 44.4 Å². The Hall–Kier alpha value is -2.89. The fourth-order valence-corrected chi connectivity index (χ4v) is 4.62. The first-order valence-corrected chi connectivity index (χ1v) is 9.50. The molecular weight excluding hydrogens is 340 g/mol. The lowest BCUT2D eigenvalue weighted by Crippen LogP contribution is -2.33. The fourth-order valence-electron chi connectivity index (χ4n) is 4.62. The predicted molar refractivity (Wildman–Crippen MR) is 103 cm³/mol. The Morgan fingerprint density at radius 3 is 2.85 bits per heavy atom. The molecule has 0 unspecified atom stereocenters. The summed E-state index contributed by atoms with van der Waals surface area (Å²) in [6.45, 7) is 6.09. The van der Waals surface area contributed by atoms with Crippen molar-refractivity contribution in [3.8, 4) is 0 Å². The third-order valence-corrected chi connectivity index (χ3v) is 5.87. The zero-order valence-electron chi connectivity index (χ0n) is 15.6. The highest BCUT2D eigenvalue weighted by Crippen LogP contribution is 2.27. The zero-order chi connectivity index (χ0) is 18.7. The molecule has 3 aromatic rings. The molecule has 6 nitrogen and oxygen atoms in total. The van der Waals surface area contributed by atoms with Crippen LogP contribution in [0.2, 0.25) is 0 Å². The Morgan fingerprint density at radius 1 is 1.22 bits per heavy atom. The van der Waals surface area contributed by atoms with Gasteiger partial charge in [-0.25, -0.2) is 0 Å². The lowest BCUT2D eigenvalue weighted by Gasteiger charge is -2.18. The van der Waals surface area contributed by atoms with Gasteiger partial charge in [-0.1, -0.05) is 12.1 Å². The molecule has 0 aliphatic carbocycles. The summed E-state index contributed by atoms with van der Waals surface area (Å²) in [7, 11) is 0. The molecular formula is C21H22N4O2. The van der Waals surface area contributed by atoms with Crippen LogP contribution in [-0.2, 0) is 13.0 Å². The van der Waals surface area contributed by atoms with Crippen LogP contribution in [0.25, 0.3) is 10.9 Å². The van der Waals surface area contributed by atoms with Crippen LogP contribution in [0.15, 0.2) is 35.3 Å². The highest BCUT2D eigenvalue weighted by atomic mass is 16.2. The van der Waals surface area contributed by atoms with Gasteiger partial charge in [0.15, 0.2) is 0 Å².